The third-order valence-electron chi connectivity index (χ3n) is 2.35. The number of likely N-dealkylation sites (tertiary alicyclic amines) is 1. The molecule has 1 unspecified atom stereocenters. The summed E-state index contributed by atoms with van der Waals surface area (Å²) in [4.78, 5) is 2.34. The summed E-state index contributed by atoms with van der Waals surface area (Å²) < 4.78 is 0. The summed E-state index contributed by atoms with van der Waals surface area (Å²) in [6.45, 7) is 2.48. The molecular formula is C8H17NOS. The van der Waals surface area contributed by atoms with Crippen molar-refractivity contribution in [2.45, 2.75) is 25.3 Å². The molecule has 1 rings (SSSR count). The predicted octanol–water partition coefficient (Wildman–Crippen LogP) is 0.763. The van der Waals surface area contributed by atoms with Crippen LogP contribution < -0.4 is 0 Å². The van der Waals surface area contributed by atoms with Crippen molar-refractivity contribution in [3.05, 3.63) is 0 Å². The van der Waals surface area contributed by atoms with E-state index in [9.17, 15) is 0 Å². The van der Waals surface area contributed by atoms with E-state index in [1.807, 2.05) is 0 Å². The van der Waals surface area contributed by atoms with Gasteiger partial charge < -0.3 is 5.11 Å². The molecule has 3 heteroatoms. The molecule has 1 fully saturated rings. The van der Waals surface area contributed by atoms with E-state index in [4.69, 9.17) is 5.11 Å². The minimum Gasteiger partial charge on any atom is -0.395 e. The van der Waals surface area contributed by atoms with E-state index in [2.05, 4.69) is 17.5 Å². The average Bonchev–Trinajstić information content (AvgIpc) is 2.06. The van der Waals surface area contributed by atoms with Crippen molar-refractivity contribution in [3.63, 3.8) is 0 Å². The number of rotatable bonds is 3. The topological polar surface area (TPSA) is 23.5 Å². The maximum atomic E-state index is 9.02. The highest BCUT2D eigenvalue weighted by atomic mass is 32.1. The number of hydrogen-bond acceptors (Lipinski definition) is 3. The lowest BCUT2D eigenvalue weighted by Crippen LogP contribution is -2.42. The van der Waals surface area contributed by atoms with Crippen molar-refractivity contribution in [3.8, 4) is 0 Å². The van der Waals surface area contributed by atoms with E-state index in [0.717, 1.165) is 25.3 Å². The highest BCUT2D eigenvalue weighted by Gasteiger charge is 2.19. The number of nitrogens with zero attached hydrogens (tertiary/aromatic N) is 1. The summed E-state index contributed by atoms with van der Waals surface area (Å²) in [6, 6.07) is 0.413. The number of aliphatic hydroxyl groups is 1. The van der Waals surface area contributed by atoms with E-state index in [1.54, 1.807) is 0 Å². The molecule has 11 heavy (non-hydrogen) atoms. The van der Waals surface area contributed by atoms with Crippen molar-refractivity contribution < 1.29 is 5.11 Å². The summed E-state index contributed by atoms with van der Waals surface area (Å²) in [7, 11) is 0. The Balaban J connectivity index is 2.31. The molecular weight excluding hydrogens is 158 g/mol. The van der Waals surface area contributed by atoms with Crippen molar-refractivity contribution in [2.75, 3.05) is 25.4 Å². The zero-order valence-corrected chi connectivity index (χ0v) is 7.76. The number of hydrogen-bond donors (Lipinski definition) is 2. The molecule has 0 amide bonds. The molecule has 1 aliphatic rings. The van der Waals surface area contributed by atoms with E-state index in [-0.39, 0.29) is 0 Å². The molecule has 0 radical (unpaired) electrons. The highest BCUT2D eigenvalue weighted by Crippen LogP contribution is 2.15. The summed E-state index contributed by atoms with van der Waals surface area (Å²) in [6.07, 6.45) is 3.71. The molecule has 1 saturated heterocycles. The van der Waals surface area contributed by atoms with Gasteiger partial charge in [0.05, 0.1) is 6.61 Å². The first-order chi connectivity index (χ1) is 5.38. The molecule has 66 valence electrons. The molecule has 0 aromatic carbocycles. The standard InChI is InChI=1S/C8H17NOS/c10-7-8-3-1-2-4-9(8)5-6-11/h8,10-11H,1-7H2. The van der Waals surface area contributed by atoms with Gasteiger partial charge >= 0.3 is 0 Å². The Labute approximate surface area is 74.0 Å². The van der Waals surface area contributed by atoms with Crippen molar-refractivity contribution >= 4 is 12.6 Å². The van der Waals surface area contributed by atoms with E-state index < -0.39 is 0 Å². The minimum atomic E-state index is 0.313. The second kappa shape index (κ2) is 5.01. The van der Waals surface area contributed by atoms with Crippen molar-refractivity contribution in [2.24, 2.45) is 0 Å². The molecule has 0 aliphatic carbocycles. The first-order valence-electron chi connectivity index (χ1n) is 4.34. The van der Waals surface area contributed by atoms with Crippen LogP contribution in [-0.4, -0.2) is 41.5 Å². The Morgan fingerprint density at radius 3 is 2.91 bits per heavy atom. The largest absolute Gasteiger partial charge is 0.395 e. The Hall–Kier alpha value is 0.270. The second-order valence-electron chi connectivity index (χ2n) is 3.09. The third kappa shape index (κ3) is 2.65. The van der Waals surface area contributed by atoms with Crippen LogP contribution in [0.2, 0.25) is 0 Å². The van der Waals surface area contributed by atoms with Crippen LogP contribution in [0.5, 0.6) is 0 Å². The fraction of sp³-hybridized carbons (Fsp3) is 1.00. The van der Waals surface area contributed by atoms with Crippen LogP contribution in [0.15, 0.2) is 0 Å². The second-order valence-corrected chi connectivity index (χ2v) is 3.54. The SMILES string of the molecule is OCC1CCCCN1CCS. The van der Waals surface area contributed by atoms with Gasteiger partial charge in [-0.1, -0.05) is 6.42 Å². The fourth-order valence-electron chi connectivity index (χ4n) is 1.69. The van der Waals surface area contributed by atoms with Crippen molar-refractivity contribution in [1.82, 2.24) is 4.90 Å². The molecule has 1 heterocycles. The van der Waals surface area contributed by atoms with Crippen LogP contribution in [0, 0.1) is 0 Å². The normalized spacial score (nSPS) is 27.3. The van der Waals surface area contributed by atoms with Crippen LogP contribution >= 0.6 is 12.6 Å². The summed E-state index contributed by atoms with van der Waals surface area (Å²) >= 11 is 4.19. The van der Waals surface area contributed by atoms with Crippen LogP contribution in [0.3, 0.4) is 0 Å². The van der Waals surface area contributed by atoms with Gasteiger partial charge in [-0.25, -0.2) is 0 Å². The molecule has 1 aliphatic heterocycles. The third-order valence-corrected chi connectivity index (χ3v) is 2.55. The lowest BCUT2D eigenvalue weighted by Gasteiger charge is -2.33. The van der Waals surface area contributed by atoms with Crippen LogP contribution in [-0.2, 0) is 0 Å². The van der Waals surface area contributed by atoms with Gasteiger partial charge in [0, 0.05) is 18.3 Å². The lowest BCUT2D eigenvalue weighted by molar-refractivity contribution is 0.0963. The van der Waals surface area contributed by atoms with Gasteiger partial charge in [-0.3, -0.25) is 4.90 Å². The van der Waals surface area contributed by atoms with E-state index in [0.29, 0.717) is 12.6 Å². The monoisotopic (exact) mass is 175 g/mol. The van der Waals surface area contributed by atoms with Gasteiger partial charge in [0.15, 0.2) is 0 Å². The first-order valence-corrected chi connectivity index (χ1v) is 4.97. The molecule has 1 atom stereocenters. The van der Waals surface area contributed by atoms with Gasteiger partial charge in [0.1, 0.15) is 0 Å². The van der Waals surface area contributed by atoms with Crippen molar-refractivity contribution in [1.29, 1.82) is 0 Å². The Morgan fingerprint density at radius 2 is 2.27 bits per heavy atom. The number of piperidine rings is 1. The van der Waals surface area contributed by atoms with E-state index >= 15 is 0 Å². The maximum absolute atomic E-state index is 9.02. The van der Waals surface area contributed by atoms with Gasteiger partial charge in [-0.05, 0) is 19.4 Å². The zero-order chi connectivity index (χ0) is 8.10. The molecule has 0 spiro atoms. The minimum absolute atomic E-state index is 0.313. The Kier molecular flexibility index (Phi) is 4.26. The van der Waals surface area contributed by atoms with Gasteiger partial charge in [-0.2, -0.15) is 12.6 Å². The zero-order valence-electron chi connectivity index (χ0n) is 6.87. The summed E-state index contributed by atoms with van der Waals surface area (Å²) in [5, 5.41) is 9.02. The van der Waals surface area contributed by atoms with Crippen LogP contribution in [0.25, 0.3) is 0 Å². The predicted molar refractivity (Wildman–Crippen MR) is 50.2 cm³/mol. The quantitative estimate of drug-likeness (QED) is 0.619. The molecule has 0 bridgehead atoms. The fourth-order valence-corrected chi connectivity index (χ4v) is 1.95. The van der Waals surface area contributed by atoms with Crippen LogP contribution in [0.4, 0.5) is 0 Å². The Bertz CT molecular complexity index is 108. The van der Waals surface area contributed by atoms with Gasteiger partial charge in [0.2, 0.25) is 0 Å². The molecule has 0 aromatic heterocycles. The summed E-state index contributed by atoms with van der Waals surface area (Å²) in [5.74, 6) is 0.899. The molecule has 1 N–H and O–H groups in total. The highest BCUT2D eigenvalue weighted by molar-refractivity contribution is 7.80. The molecule has 0 aromatic rings. The smallest absolute Gasteiger partial charge is 0.0586 e. The van der Waals surface area contributed by atoms with Crippen LogP contribution in [0.1, 0.15) is 19.3 Å². The van der Waals surface area contributed by atoms with Gasteiger partial charge in [-0.15, -0.1) is 0 Å². The lowest BCUT2D eigenvalue weighted by atomic mass is 10.0. The first kappa shape index (κ1) is 9.36. The molecule has 2 nitrogen and oxygen atoms in total. The Morgan fingerprint density at radius 1 is 1.45 bits per heavy atom. The number of thiol groups is 1. The maximum Gasteiger partial charge on any atom is 0.0586 e. The van der Waals surface area contributed by atoms with Gasteiger partial charge in [0.25, 0.3) is 0 Å². The van der Waals surface area contributed by atoms with E-state index in [1.165, 1.54) is 12.8 Å². The molecule has 0 saturated carbocycles. The average molecular weight is 175 g/mol. The summed E-state index contributed by atoms with van der Waals surface area (Å²) in [5.41, 5.74) is 0. The number of aliphatic hydroxyl groups excluding tert-OH is 1.